The van der Waals surface area contributed by atoms with Crippen molar-refractivity contribution in [1.82, 2.24) is 9.97 Å². The van der Waals surface area contributed by atoms with Crippen LogP contribution in [0.15, 0.2) is 94.2 Å². The van der Waals surface area contributed by atoms with Crippen LogP contribution in [0.5, 0.6) is 5.88 Å². The second-order valence-corrected chi connectivity index (χ2v) is 8.36. The SMILES string of the molecule is O=C(CN(c1cccnc1)S(=O)(=O)c1ccccc1)N=Nc1c(O)[nH]c2ccccc12. The van der Waals surface area contributed by atoms with E-state index >= 15 is 0 Å². The molecule has 0 aliphatic carbocycles. The lowest BCUT2D eigenvalue weighted by Gasteiger charge is -2.22. The van der Waals surface area contributed by atoms with Crippen LogP contribution in [0.4, 0.5) is 11.4 Å². The van der Waals surface area contributed by atoms with Gasteiger partial charge in [-0.25, -0.2) is 8.42 Å². The lowest BCUT2D eigenvalue weighted by atomic mass is 10.2. The summed E-state index contributed by atoms with van der Waals surface area (Å²) >= 11 is 0. The van der Waals surface area contributed by atoms with Crippen LogP contribution in [-0.4, -0.2) is 35.9 Å². The smallest absolute Gasteiger partial charge is 0.285 e. The molecule has 0 aliphatic heterocycles. The number of hydrogen-bond donors (Lipinski definition) is 2. The van der Waals surface area contributed by atoms with E-state index in [2.05, 4.69) is 20.2 Å². The summed E-state index contributed by atoms with van der Waals surface area (Å²) in [6, 6.07) is 17.9. The van der Waals surface area contributed by atoms with Gasteiger partial charge in [-0.3, -0.25) is 14.1 Å². The molecular formula is C21H17N5O4S. The van der Waals surface area contributed by atoms with Crippen molar-refractivity contribution in [2.45, 2.75) is 4.90 Å². The number of carbonyl (C=O) groups is 1. The summed E-state index contributed by atoms with van der Waals surface area (Å²) in [5.41, 5.74) is 0.942. The fraction of sp³-hybridized carbons (Fsp3) is 0.0476. The van der Waals surface area contributed by atoms with E-state index in [1.165, 1.54) is 30.6 Å². The summed E-state index contributed by atoms with van der Waals surface area (Å²) in [5.74, 6) is -1.05. The molecule has 2 aromatic heterocycles. The summed E-state index contributed by atoms with van der Waals surface area (Å²) < 4.78 is 27.2. The Kier molecular flexibility index (Phi) is 5.46. The molecule has 1 amide bonds. The Bertz CT molecular complexity index is 1350. The molecule has 10 heteroatoms. The standard InChI is InChI=1S/C21H17N5O4S/c27-19(24-25-20-17-10-4-5-11-18(17)23-21(20)28)14-26(15-7-6-12-22-13-15)31(29,30)16-8-2-1-3-9-16/h1-13,23,28H,14H2. The van der Waals surface area contributed by atoms with Crippen LogP contribution in [0.25, 0.3) is 10.9 Å². The van der Waals surface area contributed by atoms with E-state index in [1.807, 2.05) is 0 Å². The first-order valence-corrected chi connectivity index (χ1v) is 10.6. The largest absolute Gasteiger partial charge is 0.493 e. The summed E-state index contributed by atoms with van der Waals surface area (Å²) in [4.78, 5) is 19.3. The van der Waals surface area contributed by atoms with Gasteiger partial charge in [-0.1, -0.05) is 36.4 Å². The number of nitrogens with one attached hydrogen (secondary N) is 1. The molecule has 0 saturated heterocycles. The molecule has 9 nitrogen and oxygen atoms in total. The normalized spacial score (nSPS) is 11.7. The fourth-order valence-corrected chi connectivity index (χ4v) is 4.43. The molecule has 2 aromatic carbocycles. The molecule has 0 radical (unpaired) electrons. The molecule has 0 saturated carbocycles. The maximum absolute atomic E-state index is 13.2. The van der Waals surface area contributed by atoms with Gasteiger partial charge in [-0.15, -0.1) is 10.2 Å². The second-order valence-electron chi connectivity index (χ2n) is 6.50. The molecule has 2 heterocycles. The highest BCUT2D eigenvalue weighted by molar-refractivity contribution is 7.92. The lowest BCUT2D eigenvalue weighted by Crippen LogP contribution is -2.35. The zero-order valence-corrected chi connectivity index (χ0v) is 16.9. The van der Waals surface area contributed by atoms with E-state index in [1.54, 1.807) is 48.5 Å². The van der Waals surface area contributed by atoms with Crippen molar-refractivity contribution in [2.75, 3.05) is 10.8 Å². The number of azo groups is 1. The number of fused-ring (bicyclic) bond motifs is 1. The van der Waals surface area contributed by atoms with Gasteiger partial charge in [0.2, 0.25) is 5.88 Å². The van der Waals surface area contributed by atoms with Crippen LogP contribution in [0.3, 0.4) is 0 Å². The zero-order valence-electron chi connectivity index (χ0n) is 16.1. The van der Waals surface area contributed by atoms with Crippen LogP contribution in [0, 0.1) is 0 Å². The first kappa shape index (κ1) is 20.2. The molecule has 4 rings (SSSR count). The van der Waals surface area contributed by atoms with Crippen LogP contribution < -0.4 is 4.31 Å². The van der Waals surface area contributed by atoms with Crippen LogP contribution in [0.1, 0.15) is 0 Å². The number of amides is 1. The predicted molar refractivity (Wildman–Crippen MR) is 115 cm³/mol. The van der Waals surface area contributed by atoms with Crippen LogP contribution in [-0.2, 0) is 14.8 Å². The number of aromatic hydroxyl groups is 1. The average Bonchev–Trinajstić information content (AvgIpc) is 3.12. The van der Waals surface area contributed by atoms with Crippen molar-refractivity contribution in [3.05, 3.63) is 79.1 Å². The number of anilines is 1. The number of aromatic amines is 1. The van der Waals surface area contributed by atoms with Crippen molar-refractivity contribution in [3.63, 3.8) is 0 Å². The van der Waals surface area contributed by atoms with Gasteiger partial charge in [0.05, 0.1) is 22.3 Å². The maximum atomic E-state index is 13.2. The number of benzene rings is 2. The molecule has 4 aromatic rings. The minimum Gasteiger partial charge on any atom is -0.493 e. The van der Waals surface area contributed by atoms with E-state index in [-0.39, 0.29) is 22.2 Å². The molecule has 0 aliphatic rings. The second kappa shape index (κ2) is 8.36. The molecular weight excluding hydrogens is 418 g/mol. The van der Waals surface area contributed by atoms with E-state index in [4.69, 9.17) is 0 Å². The van der Waals surface area contributed by atoms with Crippen molar-refractivity contribution in [3.8, 4) is 5.88 Å². The summed E-state index contributed by atoms with van der Waals surface area (Å²) in [6.07, 6.45) is 2.84. The Morgan fingerprint density at radius 3 is 2.52 bits per heavy atom. The number of carbonyl (C=O) groups excluding carboxylic acids is 1. The summed E-state index contributed by atoms with van der Waals surface area (Å²) in [5, 5.41) is 18.1. The monoisotopic (exact) mass is 435 g/mol. The maximum Gasteiger partial charge on any atom is 0.285 e. The van der Waals surface area contributed by atoms with Gasteiger partial charge < -0.3 is 10.1 Å². The fourth-order valence-electron chi connectivity index (χ4n) is 3.01. The van der Waals surface area contributed by atoms with E-state index in [9.17, 15) is 18.3 Å². The van der Waals surface area contributed by atoms with Gasteiger partial charge in [0.15, 0.2) is 5.69 Å². The van der Waals surface area contributed by atoms with Gasteiger partial charge >= 0.3 is 0 Å². The van der Waals surface area contributed by atoms with Crippen LogP contribution >= 0.6 is 0 Å². The molecule has 0 spiro atoms. The molecule has 0 atom stereocenters. The number of hydrogen-bond acceptors (Lipinski definition) is 6. The van der Waals surface area contributed by atoms with E-state index in [0.29, 0.717) is 10.9 Å². The molecule has 0 unspecified atom stereocenters. The summed E-state index contributed by atoms with van der Waals surface area (Å²) in [6.45, 7) is -0.588. The Morgan fingerprint density at radius 2 is 1.77 bits per heavy atom. The Morgan fingerprint density at radius 1 is 1.03 bits per heavy atom. The Labute approximate surface area is 177 Å². The quantitative estimate of drug-likeness (QED) is 0.446. The molecule has 0 fully saturated rings. The predicted octanol–water partition coefficient (Wildman–Crippen LogP) is 3.77. The van der Waals surface area contributed by atoms with Crippen molar-refractivity contribution in [1.29, 1.82) is 0 Å². The van der Waals surface area contributed by atoms with Crippen LogP contribution in [0.2, 0.25) is 0 Å². The number of para-hydroxylation sites is 1. The number of pyridine rings is 1. The molecule has 156 valence electrons. The van der Waals surface area contributed by atoms with Gasteiger partial charge in [0.1, 0.15) is 6.54 Å². The lowest BCUT2D eigenvalue weighted by molar-refractivity contribution is -0.116. The van der Waals surface area contributed by atoms with E-state index in [0.717, 1.165) is 4.31 Å². The third-order valence-electron chi connectivity index (χ3n) is 4.47. The first-order valence-electron chi connectivity index (χ1n) is 9.19. The third-order valence-corrected chi connectivity index (χ3v) is 6.25. The Hall–Kier alpha value is -4.05. The first-order chi connectivity index (χ1) is 15.0. The molecule has 2 N–H and O–H groups in total. The molecule has 31 heavy (non-hydrogen) atoms. The highest BCUT2D eigenvalue weighted by Crippen LogP contribution is 2.35. The van der Waals surface area contributed by atoms with Gasteiger partial charge in [0, 0.05) is 11.6 Å². The Balaban J connectivity index is 1.65. The van der Waals surface area contributed by atoms with Gasteiger partial charge in [-0.05, 0) is 30.3 Å². The van der Waals surface area contributed by atoms with Crippen molar-refractivity contribution in [2.24, 2.45) is 10.2 Å². The molecule has 0 bridgehead atoms. The zero-order chi connectivity index (χ0) is 21.8. The highest BCUT2D eigenvalue weighted by atomic mass is 32.2. The number of rotatable bonds is 6. The summed E-state index contributed by atoms with van der Waals surface area (Å²) in [7, 11) is -4.05. The number of sulfonamides is 1. The third kappa shape index (κ3) is 4.14. The highest BCUT2D eigenvalue weighted by Gasteiger charge is 2.27. The topological polar surface area (TPSA) is 128 Å². The minimum atomic E-state index is -4.05. The van der Waals surface area contributed by atoms with Crippen molar-refractivity contribution >= 4 is 38.2 Å². The minimum absolute atomic E-state index is 0.0258. The number of H-pyrrole nitrogens is 1. The number of aromatic nitrogens is 2. The van der Waals surface area contributed by atoms with Gasteiger partial charge in [0.25, 0.3) is 15.9 Å². The van der Waals surface area contributed by atoms with Crippen molar-refractivity contribution < 1.29 is 18.3 Å². The van der Waals surface area contributed by atoms with E-state index < -0.39 is 22.5 Å². The average molecular weight is 435 g/mol. The number of nitrogens with zero attached hydrogens (tertiary/aromatic N) is 4. The van der Waals surface area contributed by atoms with Gasteiger partial charge in [-0.2, -0.15) is 0 Å².